The molecule has 0 saturated heterocycles. The first-order valence-corrected chi connectivity index (χ1v) is 6.14. The van der Waals surface area contributed by atoms with Gasteiger partial charge in [0.1, 0.15) is 0 Å². The van der Waals surface area contributed by atoms with Crippen molar-refractivity contribution in [3.8, 4) is 0 Å². The van der Waals surface area contributed by atoms with E-state index in [0.29, 0.717) is 4.90 Å². The molecular weight excluding hydrogens is 266 g/mol. The number of para-hydroxylation sites is 1. The van der Waals surface area contributed by atoms with Crippen LogP contribution in [-0.2, 0) is 0 Å². The van der Waals surface area contributed by atoms with Crippen molar-refractivity contribution in [2.45, 2.75) is 9.79 Å². The summed E-state index contributed by atoms with van der Waals surface area (Å²) in [5, 5.41) is 19.7. The third-order valence-corrected chi connectivity index (χ3v) is 3.46. The van der Waals surface area contributed by atoms with Crippen LogP contribution < -0.4 is 0 Å². The number of carboxylic acid groups (broad SMARTS) is 1. The maximum atomic E-state index is 10.9. The lowest BCUT2D eigenvalue weighted by atomic mass is 10.2. The first-order chi connectivity index (χ1) is 9.08. The summed E-state index contributed by atoms with van der Waals surface area (Å²) in [6.07, 6.45) is 0. The molecule has 0 radical (unpaired) electrons. The second-order valence-electron chi connectivity index (χ2n) is 3.66. The zero-order chi connectivity index (χ0) is 13.8. The number of hydrogen-bond donors (Lipinski definition) is 1. The van der Waals surface area contributed by atoms with Gasteiger partial charge < -0.3 is 5.11 Å². The average molecular weight is 275 g/mol. The van der Waals surface area contributed by atoms with Crippen LogP contribution in [0.25, 0.3) is 0 Å². The molecule has 0 saturated carbocycles. The van der Waals surface area contributed by atoms with E-state index >= 15 is 0 Å². The molecule has 5 nitrogen and oxygen atoms in total. The van der Waals surface area contributed by atoms with Gasteiger partial charge in [0.15, 0.2) is 0 Å². The Morgan fingerprint density at radius 3 is 2.32 bits per heavy atom. The smallest absolute Gasteiger partial charge is 0.335 e. The zero-order valence-electron chi connectivity index (χ0n) is 9.65. The molecule has 0 bridgehead atoms. The van der Waals surface area contributed by atoms with Gasteiger partial charge in [-0.2, -0.15) is 0 Å². The predicted molar refractivity (Wildman–Crippen MR) is 70.6 cm³/mol. The Morgan fingerprint density at radius 2 is 1.74 bits per heavy atom. The van der Waals surface area contributed by atoms with E-state index in [1.165, 1.54) is 30.0 Å². The minimum Gasteiger partial charge on any atom is -0.478 e. The molecule has 0 aliphatic heterocycles. The highest BCUT2D eigenvalue weighted by molar-refractivity contribution is 7.99. The summed E-state index contributed by atoms with van der Waals surface area (Å²) >= 11 is 1.23. The van der Waals surface area contributed by atoms with Crippen LogP contribution in [0.1, 0.15) is 10.4 Å². The Hall–Kier alpha value is -2.34. The Morgan fingerprint density at radius 1 is 1.11 bits per heavy atom. The maximum absolute atomic E-state index is 10.9. The Kier molecular flexibility index (Phi) is 3.82. The molecule has 19 heavy (non-hydrogen) atoms. The van der Waals surface area contributed by atoms with Crippen LogP contribution in [0.3, 0.4) is 0 Å². The van der Waals surface area contributed by atoms with Crippen LogP contribution in [0.15, 0.2) is 58.3 Å². The molecule has 2 rings (SSSR count). The molecule has 0 amide bonds. The van der Waals surface area contributed by atoms with E-state index < -0.39 is 10.9 Å². The molecule has 6 heteroatoms. The lowest BCUT2D eigenvalue weighted by Crippen LogP contribution is -1.94. The number of nitrogens with zero attached hydrogens (tertiary/aromatic N) is 1. The summed E-state index contributed by atoms with van der Waals surface area (Å²) in [4.78, 5) is 22.4. The van der Waals surface area contributed by atoms with Gasteiger partial charge >= 0.3 is 5.97 Å². The van der Waals surface area contributed by atoms with Gasteiger partial charge in [-0.05, 0) is 30.3 Å². The van der Waals surface area contributed by atoms with Gasteiger partial charge in [-0.15, -0.1) is 0 Å². The van der Waals surface area contributed by atoms with E-state index in [9.17, 15) is 14.9 Å². The number of rotatable bonds is 4. The quantitative estimate of drug-likeness (QED) is 0.682. The van der Waals surface area contributed by atoms with Crippen LogP contribution in [-0.4, -0.2) is 16.0 Å². The molecule has 2 aromatic rings. The van der Waals surface area contributed by atoms with E-state index in [-0.39, 0.29) is 11.3 Å². The van der Waals surface area contributed by atoms with Gasteiger partial charge in [0, 0.05) is 11.0 Å². The number of nitro benzene ring substituents is 1. The van der Waals surface area contributed by atoms with Crippen LogP contribution in [0.2, 0.25) is 0 Å². The zero-order valence-corrected chi connectivity index (χ0v) is 10.5. The summed E-state index contributed by atoms with van der Waals surface area (Å²) in [5.74, 6) is -0.998. The van der Waals surface area contributed by atoms with Crippen molar-refractivity contribution in [1.29, 1.82) is 0 Å². The summed E-state index contributed by atoms with van der Waals surface area (Å²) < 4.78 is 0. The fourth-order valence-corrected chi connectivity index (χ4v) is 2.41. The van der Waals surface area contributed by atoms with Crippen molar-refractivity contribution >= 4 is 23.4 Å². The lowest BCUT2D eigenvalue weighted by Gasteiger charge is -2.03. The second-order valence-corrected chi connectivity index (χ2v) is 4.77. The summed E-state index contributed by atoms with van der Waals surface area (Å²) in [7, 11) is 0. The molecule has 0 atom stereocenters. The van der Waals surface area contributed by atoms with Gasteiger partial charge in [0.2, 0.25) is 0 Å². The monoisotopic (exact) mass is 275 g/mol. The molecule has 0 aliphatic carbocycles. The fourth-order valence-electron chi connectivity index (χ4n) is 1.49. The molecular formula is C13H9NO4S. The van der Waals surface area contributed by atoms with E-state index in [0.717, 1.165) is 4.90 Å². The van der Waals surface area contributed by atoms with Crippen LogP contribution in [0.4, 0.5) is 5.69 Å². The van der Waals surface area contributed by atoms with Crippen molar-refractivity contribution in [2.24, 2.45) is 0 Å². The van der Waals surface area contributed by atoms with Crippen molar-refractivity contribution in [2.75, 3.05) is 0 Å². The molecule has 2 aromatic carbocycles. The molecule has 0 unspecified atom stereocenters. The minimum atomic E-state index is -0.998. The molecule has 0 fully saturated rings. The summed E-state index contributed by atoms with van der Waals surface area (Å²) in [6.45, 7) is 0. The minimum absolute atomic E-state index is 0.0369. The van der Waals surface area contributed by atoms with Gasteiger partial charge in [-0.1, -0.05) is 23.9 Å². The van der Waals surface area contributed by atoms with Crippen molar-refractivity contribution in [3.63, 3.8) is 0 Å². The third kappa shape index (κ3) is 3.11. The van der Waals surface area contributed by atoms with E-state index in [1.54, 1.807) is 30.3 Å². The number of aromatic carboxylic acids is 1. The van der Waals surface area contributed by atoms with Crippen molar-refractivity contribution in [1.82, 2.24) is 0 Å². The molecule has 96 valence electrons. The number of benzene rings is 2. The Bertz CT molecular complexity index is 625. The maximum Gasteiger partial charge on any atom is 0.335 e. The second kappa shape index (κ2) is 5.53. The number of hydrogen-bond acceptors (Lipinski definition) is 4. The molecule has 0 aromatic heterocycles. The van der Waals surface area contributed by atoms with Crippen LogP contribution in [0.5, 0.6) is 0 Å². The number of carbonyl (C=O) groups is 1. The van der Waals surface area contributed by atoms with E-state index in [1.807, 2.05) is 0 Å². The van der Waals surface area contributed by atoms with E-state index in [4.69, 9.17) is 5.11 Å². The third-order valence-electron chi connectivity index (χ3n) is 2.39. The van der Waals surface area contributed by atoms with Crippen molar-refractivity contribution in [3.05, 3.63) is 64.2 Å². The van der Waals surface area contributed by atoms with Gasteiger partial charge in [0.05, 0.1) is 15.4 Å². The largest absolute Gasteiger partial charge is 0.478 e. The average Bonchev–Trinajstić information content (AvgIpc) is 2.39. The van der Waals surface area contributed by atoms with Crippen LogP contribution >= 0.6 is 11.8 Å². The van der Waals surface area contributed by atoms with Gasteiger partial charge in [-0.3, -0.25) is 10.1 Å². The van der Waals surface area contributed by atoms with Gasteiger partial charge in [0.25, 0.3) is 5.69 Å². The van der Waals surface area contributed by atoms with Crippen molar-refractivity contribution < 1.29 is 14.8 Å². The van der Waals surface area contributed by atoms with Crippen LogP contribution in [0, 0.1) is 10.1 Å². The lowest BCUT2D eigenvalue weighted by molar-refractivity contribution is -0.387. The highest BCUT2D eigenvalue weighted by Gasteiger charge is 2.13. The normalized spacial score (nSPS) is 10.1. The summed E-state index contributed by atoms with van der Waals surface area (Å²) in [5.41, 5.74) is 0.224. The highest BCUT2D eigenvalue weighted by atomic mass is 32.2. The number of carboxylic acids is 1. The standard InChI is InChI=1S/C13H9NO4S/c15-13(16)9-5-7-10(8-6-9)19-12-4-2-1-3-11(12)14(17)18/h1-8H,(H,15,16). The molecule has 1 N–H and O–H groups in total. The van der Waals surface area contributed by atoms with Gasteiger partial charge in [-0.25, -0.2) is 4.79 Å². The highest BCUT2D eigenvalue weighted by Crippen LogP contribution is 2.34. The fraction of sp³-hybridized carbons (Fsp3) is 0. The first kappa shape index (κ1) is 13.1. The van der Waals surface area contributed by atoms with E-state index in [2.05, 4.69) is 0 Å². The summed E-state index contributed by atoms with van der Waals surface area (Å²) in [6, 6.07) is 12.6. The SMILES string of the molecule is O=C(O)c1ccc(Sc2ccccc2[N+](=O)[O-])cc1. The topological polar surface area (TPSA) is 80.4 Å². The predicted octanol–water partition coefficient (Wildman–Crippen LogP) is 3.44. The number of nitro groups is 1. The first-order valence-electron chi connectivity index (χ1n) is 5.32. The Labute approximate surface area is 113 Å². The molecule has 0 heterocycles. The molecule has 0 aliphatic rings. The molecule has 0 spiro atoms. The Balaban J connectivity index is 2.26.